The average Bonchev–Trinajstić information content (AvgIpc) is 2.88. The van der Waals surface area contributed by atoms with Gasteiger partial charge in [-0.25, -0.2) is 4.99 Å². The van der Waals surface area contributed by atoms with Crippen molar-refractivity contribution in [2.45, 2.75) is 6.92 Å². The summed E-state index contributed by atoms with van der Waals surface area (Å²) in [7, 11) is 0. The van der Waals surface area contributed by atoms with Crippen LogP contribution in [-0.4, -0.2) is 12.4 Å². The zero-order valence-corrected chi connectivity index (χ0v) is 20.2. The fraction of sp³-hybridized carbons (Fsp3) is 0.107. The van der Waals surface area contributed by atoms with Crippen LogP contribution in [0.4, 0.5) is 17.1 Å². The number of hydrogen-bond donors (Lipinski definition) is 0. The molecule has 5 rings (SSSR count). The minimum Gasteiger partial charge on any atom is -0.324 e. The first kappa shape index (κ1) is 21.6. The predicted octanol–water partition coefficient (Wildman–Crippen LogP) is 7.01. The Morgan fingerprint density at radius 1 is 0.697 bits per heavy atom. The molecule has 3 nitrogen and oxygen atoms in total. The molecule has 1 saturated heterocycles. The fourth-order valence-electron chi connectivity index (χ4n) is 4.30. The van der Waals surface area contributed by atoms with Gasteiger partial charge in [0.2, 0.25) is 0 Å². The summed E-state index contributed by atoms with van der Waals surface area (Å²) in [5.74, 6) is 1.21. The van der Waals surface area contributed by atoms with Crippen LogP contribution < -0.4 is 14.6 Å². The van der Waals surface area contributed by atoms with Gasteiger partial charge in [-0.05, 0) is 48.2 Å². The van der Waals surface area contributed by atoms with Gasteiger partial charge in [0.1, 0.15) is 5.84 Å². The molecule has 4 aromatic carbocycles. The SMILES string of the molecule is CC1CN(c2ccccc2)P(=S)(c2ccccc2)N(c2ccccc2)C1=Nc1ccccc1. The van der Waals surface area contributed by atoms with E-state index >= 15 is 0 Å². The number of nitrogens with zero attached hydrogens (tertiary/aromatic N) is 3. The van der Waals surface area contributed by atoms with E-state index in [0.717, 1.165) is 34.7 Å². The van der Waals surface area contributed by atoms with E-state index in [9.17, 15) is 0 Å². The molecule has 0 amide bonds. The third-order valence-electron chi connectivity index (χ3n) is 5.85. The molecule has 5 heteroatoms. The van der Waals surface area contributed by atoms with Gasteiger partial charge >= 0.3 is 0 Å². The number of hydrogen-bond acceptors (Lipinski definition) is 2. The Kier molecular flexibility index (Phi) is 6.13. The number of benzene rings is 4. The van der Waals surface area contributed by atoms with E-state index in [1.54, 1.807) is 0 Å². The predicted molar refractivity (Wildman–Crippen MR) is 146 cm³/mol. The van der Waals surface area contributed by atoms with Crippen LogP contribution in [0.5, 0.6) is 0 Å². The highest BCUT2D eigenvalue weighted by atomic mass is 32.4. The van der Waals surface area contributed by atoms with Crippen LogP contribution in [0.2, 0.25) is 0 Å². The monoisotopic (exact) mass is 467 g/mol. The van der Waals surface area contributed by atoms with E-state index in [4.69, 9.17) is 16.8 Å². The van der Waals surface area contributed by atoms with Gasteiger partial charge in [0, 0.05) is 29.1 Å². The van der Waals surface area contributed by atoms with Gasteiger partial charge in [-0.2, -0.15) is 0 Å². The summed E-state index contributed by atoms with van der Waals surface area (Å²) in [6, 6.07) is 41.8. The normalized spacial score (nSPS) is 21.8. The Morgan fingerprint density at radius 2 is 1.18 bits per heavy atom. The van der Waals surface area contributed by atoms with Crippen LogP contribution >= 0.6 is 6.34 Å². The Labute approximate surface area is 201 Å². The van der Waals surface area contributed by atoms with Gasteiger partial charge < -0.3 is 4.67 Å². The van der Waals surface area contributed by atoms with E-state index in [1.807, 2.05) is 24.3 Å². The molecule has 0 saturated carbocycles. The maximum absolute atomic E-state index is 6.76. The Balaban J connectivity index is 1.78. The maximum atomic E-state index is 6.76. The number of amidine groups is 1. The Bertz CT molecular complexity index is 1280. The summed E-state index contributed by atoms with van der Waals surface area (Å²) >= 11 is 6.76. The summed E-state index contributed by atoms with van der Waals surface area (Å²) in [5, 5.41) is 1.15. The van der Waals surface area contributed by atoms with E-state index in [-0.39, 0.29) is 5.92 Å². The number of rotatable bonds is 4. The van der Waals surface area contributed by atoms with Crippen molar-refractivity contribution < 1.29 is 0 Å². The van der Waals surface area contributed by atoms with Crippen molar-refractivity contribution in [3.8, 4) is 0 Å². The first-order valence-electron chi connectivity index (χ1n) is 11.2. The van der Waals surface area contributed by atoms with Crippen molar-refractivity contribution in [3.63, 3.8) is 0 Å². The molecule has 0 N–H and O–H groups in total. The quantitative estimate of drug-likeness (QED) is 0.301. The Hall–Kier alpha value is -3.20. The van der Waals surface area contributed by atoms with Crippen molar-refractivity contribution in [3.05, 3.63) is 121 Å². The summed E-state index contributed by atoms with van der Waals surface area (Å²) in [4.78, 5) is 5.18. The van der Waals surface area contributed by atoms with Crippen LogP contribution in [0.3, 0.4) is 0 Å². The van der Waals surface area contributed by atoms with Crippen LogP contribution in [0.15, 0.2) is 126 Å². The van der Waals surface area contributed by atoms with Crippen molar-refractivity contribution in [1.29, 1.82) is 0 Å². The van der Waals surface area contributed by atoms with E-state index in [0.29, 0.717) is 0 Å². The Morgan fingerprint density at radius 3 is 1.76 bits per heavy atom. The van der Waals surface area contributed by atoms with Crippen molar-refractivity contribution in [1.82, 2.24) is 0 Å². The summed E-state index contributed by atoms with van der Waals surface area (Å²) in [5.41, 5.74) is 3.17. The molecule has 33 heavy (non-hydrogen) atoms. The van der Waals surface area contributed by atoms with Crippen LogP contribution in [-0.2, 0) is 11.8 Å². The van der Waals surface area contributed by atoms with Gasteiger partial charge in [0.15, 0.2) is 6.34 Å². The summed E-state index contributed by atoms with van der Waals surface area (Å²) < 4.78 is 4.80. The molecule has 0 bridgehead atoms. The topological polar surface area (TPSA) is 18.8 Å². The third-order valence-corrected chi connectivity index (χ3v) is 10.6. The molecule has 0 aliphatic carbocycles. The lowest BCUT2D eigenvalue weighted by Gasteiger charge is -2.51. The van der Waals surface area contributed by atoms with Gasteiger partial charge in [0.05, 0.1) is 5.69 Å². The number of aliphatic imine (C=N–C) groups is 1. The molecule has 1 heterocycles. The average molecular weight is 468 g/mol. The first-order valence-corrected chi connectivity index (χ1v) is 13.9. The number of para-hydroxylation sites is 3. The molecule has 1 aliphatic heterocycles. The maximum Gasteiger partial charge on any atom is 0.158 e. The van der Waals surface area contributed by atoms with E-state index in [1.165, 1.54) is 0 Å². The summed E-state index contributed by atoms with van der Waals surface area (Å²) in [6.07, 6.45) is -2.49. The summed E-state index contributed by atoms with van der Waals surface area (Å²) in [6.45, 7) is 3.06. The van der Waals surface area contributed by atoms with Crippen LogP contribution in [0.1, 0.15) is 6.92 Å². The number of anilines is 2. The first-order chi connectivity index (χ1) is 16.2. The second kappa shape index (κ2) is 9.35. The van der Waals surface area contributed by atoms with Crippen molar-refractivity contribution in [2.24, 2.45) is 10.9 Å². The highest BCUT2D eigenvalue weighted by Crippen LogP contribution is 2.59. The molecular weight excluding hydrogens is 441 g/mol. The van der Waals surface area contributed by atoms with Crippen LogP contribution in [0.25, 0.3) is 0 Å². The molecule has 2 unspecified atom stereocenters. The largest absolute Gasteiger partial charge is 0.324 e. The molecule has 0 radical (unpaired) electrons. The molecule has 0 aromatic heterocycles. The lowest BCUT2D eigenvalue weighted by molar-refractivity contribution is 0.758. The second-order valence-electron chi connectivity index (χ2n) is 8.15. The molecule has 4 aromatic rings. The molecule has 0 spiro atoms. The van der Waals surface area contributed by atoms with Crippen molar-refractivity contribution in [2.75, 3.05) is 15.9 Å². The van der Waals surface area contributed by atoms with E-state index in [2.05, 4.69) is 113 Å². The standard InChI is InChI=1S/C28H26N3PS/c1-23-22-30(25-16-8-3-9-17-25)32(33,27-20-12-5-13-21-27)31(26-18-10-4-11-19-26)28(23)29-24-14-6-2-7-15-24/h2-21,23H,22H2,1H3. The van der Waals surface area contributed by atoms with E-state index < -0.39 is 6.34 Å². The fourth-order valence-corrected chi connectivity index (χ4v) is 8.84. The van der Waals surface area contributed by atoms with Crippen LogP contribution in [0, 0.1) is 5.92 Å². The lowest BCUT2D eigenvalue weighted by Crippen LogP contribution is -2.51. The minimum atomic E-state index is -2.49. The molecule has 2 atom stereocenters. The van der Waals surface area contributed by atoms with Gasteiger partial charge in [-0.1, -0.05) is 91.9 Å². The molecule has 164 valence electrons. The molecule has 1 aliphatic rings. The zero-order chi connectivity index (χ0) is 22.7. The minimum absolute atomic E-state index is 0.186. The van der Waals surface area contributed by atoms with Gasteiger partial charge in [-0.3, -0.25) is 4.67 Å². The third kappa shape index (κ3) is 4.13. The lowest BCUT2D eigenvalue weighted by atomic mass is 10.1. The molecule has 1 fully saturated rings. The zero-order valence-electron chi connectivity index (χ0n) is 18.5. The highest BCUT2D eigenvalue weighted by molar-refractivity contribution is 8.20. The molecular formula is C28H26N3PS. The van der Waals surface area contributed by atoms with Crippen molar-refractivity contribution >= 4 is 46.3 Å². The smallest absolute Gasteiger partial charge is 0.158 e. The van der Waals surface area contributed by atoms with Gasteiger partial charge in [-0.15, -0.1) is 0 Å². The second-order valence-corrected chi connectivity index (χ2v) is 12.2. The highest BCUT2D eigenvalue weighted by Gasteiger charge is 2.44. The van der Waals surface area contributed by atoms with Gasteiger partial charge in [0.25, 0.3) is 0 Å².